The van der Waals surface area contributed by atoms with Crippen LogP contribution in [-0.4, -0.2) is 47.0 Å². The zero-order valence-electron chi connectivity index (χ0n) is 22.4. The Morgan fingerprint density at radius 2 is 1.75 bits per heavy atom. The monoisotopic (exact) mass is 554 g/mol. The van der Waals surface area contributed by atoms with E-state index in [0.29, 0.717) is 17.1 Å². The molecule has 1 atom stereocenters. The van der Waals surface area contributed by atoms with Crippen LogP contribution in [0.25, 0.3) is 22.2 Å². The van der Waals surface area contributed by atoms with Crippen molar-refractivity contribution in [3.63, 3.8) is 0 Å². The van der Waals surface area contributed by atoms with E-state index in [1.165, 1.54) is 4.90 Å². The van der Waals surface area contributed by atoms with Crippen LogP contribution in [0.15, 0.2) is 34.9 Å². The van der Waals surface area contributed by atoms with E-state index in [2.05, 4.69) is 9.72 Å². The molecule has 1 saturated heterocycles. The molecular formula is C29H29F3N4O4. The Kier molecular flexibility index (Phi) is 6.87. The van der Waals surface area contributed by atoms with Crippen LogP contribution < -0.4 is 4.90 Å². The third kappa shape index (κ3) is 4.46. The minimum absolute atomic E-state index is 0.0527. The normalized spacial score (nSPS) is 21.9. The lowest BCUT2D eigenvalue weighted by atomic mass is 9.92. The Labute approximate surface area is 228 Å². The van der Waals surface area contributed by atoms with Crippen molar-refractivity contribution in [2.45, 2.75) is 57.7 Å². The smallest absolute Gasteiger partial charge is 0.253 e. The summed E-state index contributed by atoms with van der Waals surface area (Å²) in [5.41, 5.74) is 3.99. The highest BCUT2D eigenvalue weighted by Crippen LogP contribution is 2.40. The molecule has 0 radical (unpaired) electrons. The molecule has 40 heavy (non-hydrogen) atoms. The van der Waals surface area contributed by atoms with Crippen molar-refractivity contribution in [1.82, 2.24) is 14.7 Å². The van der Waals surface area contributed by atoms with Crippen LogP contribution in [0.3, 0.4) is 0 Å². The Morgan fingerprint density at radius 3 is 2.40 bits per heavy atom. The highest BCUT2D eigenvalue weighted by Gasteiger charge is 2.38. The molecule has 3 heterocycles. The van der Waals surface area contributed by atoms with E-state index >= 15 is 0 Å². The van der Waals surface area contributed by atoms with Crippen LogP contribution in [0.5, 0.6) is 0 Å². The molecule has 2 aromatic heterocycles. The van der Waals surface area contributed by atoms with Gasteiger partial charge in [0.05, 0.1) is 35.1 Å². The van der Waals surface area contributed by atoms with Crippen molar-refractivity contribution in [3.8, 4) is 11.1 Å². The van der Waals surface area contributed by atoms with Crippen LogP contribution in [0.1, 0.15) is 55.0 Å². The summed E-state index contributed by atoms with van der Waals surface area (Å²) in [4.78, 5) is 19.4. The van der Waals surface area contributed by atoms with Crippen LogP contribution in [0, 0.1) is 31.3 Å². The molecule has 1 saturated carbocycles. The van der Waals surface area contributed by atoms with Gasteiger partial charge in [0.1, 0.15) is 24.2 Å². The maximum absolute atomic E-state index is 14.3. The molecule has 1 amide bonds. The summed E-state index contributed by atoms with van der Waals surface area (Å²) >= 11 is 0. The van der Waals surface area contributed by atoms with Crippen LogP contribution in [0.4, 0.5) is 18.9 Å². The molecule has 0 N–H and O–H groups in total. The number of rotatable bonds is 5. The number of aryl methyl sites for hydroxylation is 2. The molecule has 8 nitrogen and oxygen atoms in total. The third-order valence-corrected chi connectivity index (χ3v) is 8.01. The van der Waals surface area contributed by atoms with E-state index in [1.807, 2.05) is 32.0 Å². The number of fused-ring (bicyclic) bond motifs is 1. The number of nitrogens with zero attached hydrogens (tertiary/aromatic N) is 4. The Bertz CT molecular complexity index is 1550. The standard InChI is InChI=1S/C29H29F3N4O4/c1-15-27(16(2)40-34-15)17-4-9-24-23(10-17)33-29(36(24)18-5-7-20(38-3)8-6-18)25-13-39-14-26(37)35(25)19-11-21(30)28(32)22(31)12-19/h4,9-12,18,20,25H,5-8,13-14H2,1-3H3/t18-,20-,25-/m0/s1. The van der Waals surface area contributed by atoms with Gasteiger partial charge < -0.3 is 18.6 Å². The average Bonchev–Trinajstić information content (AvgIpc) is 3.49. The molecule has 0 bridgehead atoms. The van der Waals surface area contributed by atoms with Gasteiger partial charge >= 0.3 is 0 Å². The Morgan fingerprint density at radius 1 is 1.02 bits per heavy atom. The zero-order valence-corrected chi connectivity index (χ0v) is 22.4. The second-order valence-electron chi connectivity index (χ2n) is 10.4. The summed E-state index contributed by atoms with van der Waals surface area (Å²) in [5, 5.41) is 4.07. The highest BCUT2D eigenvalue weighted by atomic mass is 19.2. The first-order valence-corrected chi connectivity index (χ1v) is 13.3. The van der Waals surface area contributed by atoms with Crippen LogP contribution >= 0.6 is 0 Å². The predicted molar refractivity (Wildman–Crippen MR) is 140 cm³/mol. The topological polar surface area (TPSA) is 82.6 Å². The minimum atomic E-state index is -1.59. The first kappa shape index (κ1) is 26.5. The van der Waals surface area contributed by atoms with E-state index in [4.69, 9.17) is 19.0 Å². The lowest BCUT2D eigenvalue weighted by molar-refractivity contribution is -0.127. The molecular weight excluding hydrogens is 525 g/mol. The maximum Gasteiger partial charge on any atom is 0.253 e. The van der Waals surface area contributed by atoms with Gasteiger partial charge in [-0.3, -0.25) is 9.69 Å². The van der Waals surface area contributed by atoms with Gasteiger partial charge in [0, 0.05) is 30.8 Å². The molecule has 210 valence electrons. The maximum atomic E-state index is 14.3. The van der Waals surface area contributed by atoms with E-state index < -0.39 is 29.4 Å². The second kappa shape index (κ2) is 10.4. The number of methoxy groups -OCH3 is 1. The summed E-state index contributed by atoms with van der Waals surface area (Å²) in [6.07, 6.45) is 3.53. The fraction of sp³-hybridized carbons (Fsp3) is 0.414. The van der Waals surface area contributed by atoms with Crippen LogP contribution in [0.2, 0.25) is 0 Å². The molecule has 2 aliphatic rings. The van der Waals surface area contributed by atoms with Crippen molar-refractivity contribution < 1.29 is 32.0 Å². The molecule has 2 aromatic carbocycles. The number of hydrogen-bond donors (Lipinski definition) is 0. The largest absolute Gasteiger partial charge is 0.381 e. The van der Waals surface area contributed by atoms with Gasteiger partial charge in [-0.05, 0) is 57.2 Å². The van der Waals surface area contributed by atoms with E-state index in [-0.39, 0.29) is 31.0 Å². The summed E-state index contributed by atoms with van der Waals surface area (Å²) < 4.78 is 61.0. The third-order valence-electron chi connectivity index (χ3n) is 8.01. The molecule has 2 fully saturated rings. The van der Waals surface area contributed by atoms with Crippen molar-refractivity contribution in [3.05, 3.63) is 65.1 Å². The number of carbonyl (C=O) groups excluding carboxylic acids is 1. The number of carbonyl (C=O) groups is 1. The number of imidazole rings is 1. The van der Waals surface area contributed by atoms with Crippen molar-refractivity contribution in [2.24, 2.45) is 0 Å². The van der Waals surface area contributed by atoms with Gasteiger partial charge in [-0.1, -0.05) is 11.2 Å². The highest BCUT2D eigenvalue weighted by molar-refractivity contribution is 5.96. The quantitative estimate of drug-likeness (QED) is 0.283. The number of aromatic nitrogens is 3. The van der Waals surface area contributed by atoms with Gasteiger partial charge in [-0.25, -0.2) is 18.2 Å². The van der Waals surface area contributed by atoms with E-state index in [1.54, 1.807) is 7.11 Å². The predicted octanol–water partition coefficient (Wildman–Crippen LogP) is 5.96. The molecule has 1 aliphatic heterocycles. The fourth-order valence-corrected chi connectivity index (χ4v) is 6.10. The Balaban J connectivity index is 1.51. The van der Waals surface area contributed by atoms with Crippen molar-refractivity contribution in [2.75, 3.05) is 25.2 Å². The fourth-order valence-electron chi connectivity index (χ4n) is 6.10. The zero-order chi connectivity index (χ0) is 28.1. The van der Waals surface area contributed by atoms with Crippen molar-refractivity contribution >= 4 is 22.6 Å². The number of hydrogen-bond acceptors (Lipinski definition) is 6. The van der Waals surface area contributed by atoms with E-state index in [0.717, 1.165) is 60.2 Å². The van der Waals surface area contributed by atoms with Crippen molar-refractivity contribution in [1.29, 1.82) is 0 Å². The number of morpholine rings is 1. The van der Waals surface area contributed by atoms with Gasteiger partial charge in [0.2, 0.25) is 0 Å². The summed E-state index contributed by atoms with van der Waals surface area (Å²) in [6, 6.07) is 6.86. The van der Waals surface area contributed by atoms with Gasteiger partial charge in [0.15, 0.2) is 17.5 Å². The molecule has 4 aromatic rings. The summed E-state index contributed by atoms with van der Waals surface area (Å²) in [7, 11) is 1.71. The second-order valence-corrected chi connectivity index (χ2v) is 10.4. The SMILES string of the molecule is CO[C@H]1CC[C@H](n2c([C@@H]3COCC(=O)N3c3cc(F)c(F)c(F)c3)nc3cc(-c4c(C)noc4C)ccc32)CC1. The molecule has 1 aliphatic carbocycles. The molecule has 0 unspecified atom stereocenters. The number of anilines is 1. The minimum Gasteiger partial charge on any atom is -0.381 e. The lowest BCUT2D eigenvalue weighted by Crippen LogP contribution is -2.45. The van der Waals surface area contributed by atoms with Gasteiger partial charge in [-0.2, -0.15) is 0 Å². The van der Waals surface area contributed by atoms with Gasteiger partial charge in [-0.15, -0.1) is 0 Å². The number of halogens is 3. The van der Waals surface area contributed by atoms with E-state index in [9.17, 15) is 18.0 Å². The first-order chi connectivity index (χ1) is 19.3. The van der Waals surface area contributed by atoms with Gasteiger partial charge in [0.25, 0.3) is 5.91 Å². The number of ether oxygens (including phenoxy) is 2. The molecule has 0 spiro atoms. The average molecular weight is 555 g/mol. The lowest BCUT2D eigenvalue weighted by Gasteiger charge is -2.37. The summed E-state index contributed by atoms with van der Waals surface area (Å²) in [6.45, 7) is 3.51. The van der Waals surface area contributed by atoms with Crippen LogP contribution in [-0.2, 0) is 14.3 Å². The number of benzene rings is 2. The first-order valence-electron chi connectivity index (χ1n) is 13.3. The summed E-state index contributed by atoms with van der Waals surface area (Å²) in [5.74, 6) is -3.61. The molecule has 11 heteroatoms. The molecule has 6 rings (SSSR count). The number of amides is 1. The Hall–Kier alpha value is -3.70.